The van der Waals surface area contributed by atoms with Crippen LogP contribution in [0, 0.1) is 0 Å². The van der Waals surface area contributed by atoms with Gasteiger partial charge in [-0.15, -0.1) is 11.3 Å². The van der Waals surface area contributed by atoms with Crippen LogP contribution in [-0.4, -0.2) is 11.7 Å². The van der Waals surface area contributed by atoms with Crippen molar-refractivity contribution in [1.29, 1.82) is 0 Å². The topological polar surface area (TPSA) is 29.5 Å². The molecular formula is C15H15ClO2S. The molecule has 2 heterocycles. The highest BCUT2D eigenvalue weighted by Crippen LogP contribution is 2.37. The molecule has 0 aliphatic carbocycles. The van der Waals surface area contributed by atoms with Crippen molar-refractivity contribution < 1.29 is 9.84 Å². The van der Waals surface area contributed by atoms with Crippen molar-refractivity contribution in [2.75, 3.05) is 6.61 Å². The molecule has 1 aromatic carbocycles. The maximum Gasteiger partial charge on any atom is 0.0925 e. The molecule has 2 nitrogen and oxygen atoms in total. The van der Waals surface area contributed by atoms with E-state index in [1.165, 1.54) is 22.5 Å². The van der Waals surface area contributed by atoms with Crippen LogP contribution in [0.3, 0.4) is 0 Å². The Morgan fingerprint density at radius 3 is 3.00 bits per heavy atom. The van der Waals surface area contributed by atoms with Crippen molar-refractivity contribution in [3.05, 3.63) is 56.7 Å². The summed E-state index contributed by atoms with van der Waals surface area (Å²) in [5.74, 6) is 0. The molecule has 1 N–H and O–H groups in total. The second kappa shape index (κ2) is 5.63. The van der Waals surface area contributed by atoms with E-state index in [1.807, 2.05) is 23.6 Å². The molecule has 0 saturated carbocycles. The summed E-state index contributed by atoms with van der Waals surface area (Å²) in [6.45, 7) is 0.715. The number of benzene rings is 1. The predicted molar refractivity (Wildman–Crippen MR) is 77.7 cm³/mol. The third kappa shape index (κ3) is 2.70. The fraction of sp³-hybridized carbons (Fsp3) is 0.333. The first-order valence-electron chi connectivity index (χ1n) is 6.36. The summed E-state index contributed by atoms with van der Waals surface area (Å²) in [6, 6.07) is 10.1. The number of halogens is 1. The molecule has 0 bridgehead atoms. The zero-order valence-corrected chi connectivity index (χ0v) is 12.0. The number of hydrogen-bond acceptors (Lipinski definition) is 3. The Hall–Kier alpha value is -0.870. The van der Waals surface area contributed by atoms with Gasteiger partial charge in [-0.3, -0.25) is 0 Å². The van der Waals surface area contributed by atoms with Crippen molar-refractivity contribution in [3.63, 3.8) is 0 Å². The maximum atomic E-state index is 10.3. The predicted octanol–water partition coefficient (Wildman–Crippen LogP) is 4.14. The van der Waals surface area contributed by atoms with Gasteiger partial charge in [-0.05, 0) is 29.0 Å². The third-order valence-electron chi connectivity index (χ3n) is 3.48. The Bertz CT molecular complexity index is 567. The van der Waals surface area contributed by atoms with Crippen LogP contribution in [0.2, 0.25) is 5.02 Å². The molecule has 0 fully saturated rings. The molecule has 0 radical (unpaired) electrons. The van der Waals surface area contributed by atoms with Gasteiger partial charge in [0.25, 0.3) is 0 Å². The van der Waals surface area contributed by atoms with E-state index in [4.69, 9.17) is 16.3 Å². The van der Waals surface area contributed by atoms with E-state index in [-0.39, 0.29) is 6.10 Å². The average molecular weight is 295 g/mol. The summed E-state index contributed by atoms with van der Waals surface area (Å²) in [7, 11) is 0. The summed E-state index contributed by atoms with van der Waals surface area (Å²) < 4.78 is 5.81. The van der Waals surface area contributed by atoms with Crippen LogP contribution in [0.25, 0.3) is 0 Å². The first-order valence-corrected chi connectivity index (χ1v) is 7.62. The van der Waals surface area contributed by atoms with E-state index in [2.05, 4.69) is 12.1 Å². The molecule has 2 atom stereocenters. The van der Waals surface area contributed by atoms with Crippen LogP contribution < -0.4 is 0 Å². The Balaban J connectivity index is 1.80. The molecule has 2 unspecified atom stereocenters. The van der Waals surface area contributed by atoms with Crippen LogP contribution >= 0.6 is 22.9 Å². The fourth-order valence-electron chi connectivity index (χ4n) is 2.52. The molecule has 1 aromatic heterocycles. The number of aliphatic hydroxyl groups excluding tert-OH is 1. The summed E-state index contributed by atoms with van der Waals surface area (Å²) in [4.78, 5) is 0.827. The van der Waals surface area contributed by atoms with Crippen LogP contribution in [0.4, 0.5) is 0 Å². The summed E-state index contributed by atoms with van der Waals surface area (Å²) >= 11 is 7.55. The monoisotopic (exact) mass is 294 g/mol. The zero-order valence-electron chi connectivity index (χ0n) is 10.4. The van der Waals surface area contributed by atoms with E-state index in [0.717, 1.165) is 11.3 Å². The van der Waals surface area contributed by atoms with Gasteiger partial charge < -0.3 is 9.84 Å². The number of ether oxygens (including phenoxy) is 1. The number of thiophene rings is 1. The Morgan fingerprint density at radius 2 is 2.21 bits per heavy atom. The Morgan fingerprint density at radius 1 is 1.37 bits per heavy atom. The SMILES string of the molecule is OC(CC1OCCc2ccccc21)c1sccc1Cl. The molecule has 4 heteroatoms. The van der Waals surface area contributed by atoms with E-state index in [9.17, 15) is 5.11 Å². The smallest absolute Gasteiger partial charge is 0.0925 e. The minimum absolute atomic E-state index is 0.0434. The van der Waals surface area contributed by atoms with Gasteiger partial charge in [0.15, 0.2) is 0 Å². The van der Waals surface area contributed by atoms with Gasteiger partial charge in [0, 0.05) is 6.42 Å². The minimum Gasteiger partial charge on any atom is -0.387 e. The van der Waals surface area contributed by atoms with Crippen molar-refractivity contribution in [3.8, 4) is 0 Å². The summed E-state index contributed by atoms with van der Waals surface area (Å²) in [6.07, 6.45) is 0.890. The van der Waals surface area contributed by atoms with E-state index in [0.29, 0.717) is 18.1 Å². The highest BCUT2D eigenvalue weighted by molar-refractivity contribution is 7.10. The first-order chi connectivity index (χ1) is 9.25. The highest BCUT2D eigenvalue weighted by atomic mass is 35.5. The lowest BCUT2D eigenvalue weighted by Gasteiger charge is -2.27. The molecule has 0 amide bonds. The van der Waals surface area contributed by atoms with Gasteiger partial charge in [-0.2, -0.15) is 0 Å². The van der Waals surface area contributed by atoms with Gasteiger partial charge in [-0.1, -0.05) is 35.9 Å². The maximum absolute atomic E-state index is 10.3. The molecule has 0 saturated heterocycles. The average Bonchev–Trinajstić information content (AvgIpc) is 2.85. The van der Waals surface area contributed by atoms with Crippen molar-refractivity contribution in [1.82, 2.24) is 0 Å². The van der Waals surface area contributed by atoms with Crippen molar-refractivity contribution in [2.24, 2.45) is 0 Å². The van der Waals surface area contributed by atoms with E-state index in [1.54, 1.807) is 0 Å². The number of fused-ring (bicyclic) bond motifs is 1. The third-order valence-corrected chi connectivity index (χ3v) is 4.94. The molecule has 3 rings (SSSR count). The van der Waals surface area contributed by atoms with Crippen LogP contribution in [0.5, 0.6) is 0 Å². The molecule has 19 heavy (non-hydrogen) atoms. The van der Waals surface area contributed by atoms with Crippen LogP contribution in [0.15, 0.2) is 35.7 Å². The van der Waals surface area contributed by atoms with Gasteiger partial charge in [0.1, 0.15) is 0 Å². The Labute approximate surface area is 121 Å². The van der Waals surface area contributed by atoms with E-state index >= 15 is 0 Å². The summed E-state index contributed by atoms with van der Waals surface area (Å²) in [5, 5.41) is 12.9. The lowest BCUT2D eigenvalue weighted by molar-refractivity contribution is 0.00459. The molecular weight excluding hydrogens is 280 g/mol. The van der Waals surface area contributed by atoms with E-state index < -0.39 is 6.10 Å². The Kier molecular flexibility index (Phi) is 3.89. The van der Waals surface area contributed by atoms with Gasteiger partial charge in [-0.25, -0.2) is 0 Å². The quantitative estimate of drug-likeness (QED) is 0.922. The lowest BCUT2D eigenvalue weighted by atomic mass is 9.94. The van der Waals surface area contributed by atoms with Gasteiger partial charge >= 0.3 is 0 Å². The minimum atomic E-state index is -0.566. The molecule has 2 aromatic rings. The first kappa shape index (κ1) is 13.1. The molecule has 1 aliphatic heterocycles. The summed E-state index contributed by atoms with van der Waals surface area (Å²) in [5.41, 5.74) is 2.52. The van der Waals surface area contributed by atoms with Crippen LogP contribution in [0.1, 0.15) is 34.6 Å². The van der Waals surface area contributed by atoms with Gasteiger partial charge in [0.05, 0.1) is 28.7 Å². The second-order valence-corrected chi connectivity index (χ2v) is 6.05. The highest BCUT2D eigenvalue weighted by Gasteiger charge is 2.25. The largest absolute Gasteiger partial charge is 0.387 e. The van der Waals surface area contributed by atoms with Crippen molar-refractivity contribution >= 4 is 22.9 Å². The number of aliphatic hydroxyl groups is 1. The standard InChI is InChI=1S/C15H15ClO2S/c16-12-6-8-19-15(12)13(17)9-14-11-4-2-1-3-10(11)5-7-18-14/h1-4,6,8,13-14,17H,5,7,9H2. The number of rotatable bonds is 3. The number of hydrogen-bond donors (Lipinski definition) is 1. The molecule has 1 aliphatic rings. The lowest BCUT2D eigenvalue weighted by Crippen LogP contribution is -2.18. The zero-order chi connectivity index (χ0) is 13.2. The fourth-order valence-corrected chi connectivity index (χ4v) is 3.71. The van der Waals surface area contributed by atoms with Gasteiger partial charge in [0.2, 0.25) is 0 Å². The molecule has 100 valence electrons. The van der Waals surface area contributed by atoms with Crippen molar-refractivity contribution in [2.45, 2.75) is 25.0 Å². The normalized spacial score (nSPS) is 20.0. The molecule has 0 spiro atoms. The van der Waals surface area contributed by atoms with Crippen LogP contribution in [-0.2, 0) is 11.2 Å². The second-order valence-electron chi connectivity index (χ2n) is 4.69.